The van der Waals surface area contributed by atoms with Gasteiger partial charge in [-0.15, -0.1) is 0 Å². The molecule has 3 rings (SSSR count). The van der Waals surface area contributed by atoms with Crippen LogP contribution in [0.3, 0.4) is 0 Å². The van der Waals surface area contributed by atoms with Crippen molar-refractivity contribution in [2.75, 3.05) is 7.11 Å². The highest BCUT2D eigenvalue weighted by Crippen LogP contribution is 2.44. The Labute approximate surface area is 156 Å². The highest BCUT2D eigenvalue weighted by Gasteiger charge is 2.40. The molecular weight excluding hydrogens is 352 g/mol. The van der Waals surface area contributed by atoms with E-state index in [4.69, 9.17) is 14.9 Å². The van der Waals surface area contributed by atoms with Gasteiger partial charge in [0.2, 0.25) is 0 Å². The number of oxazole rings is 1. The monoisotopic (exact) mass is 374 g/mol. The second-order valence-corrected chi connectivity index (χ2v) is 8.84. The lowest BCUT2D eigenvalue weighted by molar-refractivity contribution is 0.0988. The molecule has 7 nitrogen and oxygen atoms in total. The molecule has 0 radical (unpaired) electrons. The smallest absolute Gasteiger partial charge is 0.393 e. The van der Waals surface area contributed by atoms with Crippen molar-refractivity contribution in [1.82, 2.24) is 9.97 Å². The normalized spacial score (nSPS) is 21.9. The van der Waals surface area contributed by atoms with E-state index < -0.39 is 5.54 Å². The van der Waals surface area contributed by atoms with Gasteiger partial charge < -0.3 is 14.9 Å². The zero-order valence-electron chi connectivity index (χ0n) is 15.3. The summed E-state index contributed by atoms with van der Waals surface area (Å²) in [5.74, 6) is -0.151. The van der Waals surface area contributed by atoms with E-state index in [0.29, 0.717) is 5.17 Å². The second-order valence-electron chi connectivity index (χ2n) is 7.11. The van der Waals surface area contributed by atoms with Crippen LogP contribution in [-0.4, -0.2) is 32.8 Å². The van der Waals surface area contributed by atoms with Gasteiger partial charge in [-0.1, -0.05) is 25.6 Å². The second kappa shape index (κ2) is 6.75. The number of ether oxygens (including phenoxy) is 1. The molecule has 0 unspecified atom stereocenters. The molecule has 0 fully saturated rings. The van der Waals surface area contributed by atoms with E-state index in [9.17, 15) is 4.79 Å². The van der Waals surface area contributed by atoms with Crippen molar-refractivity contribution in [2.45, 2.75) is 43.9 Å². The number of hydrogen-bond acceptors (Lipinski definition) is 8. The number of thioether (sulfide) groups is 1. The number of nitrogens with zero attached hydrogens (tertiary/aromatic N) is 3. The Hall–Kier alpha value is -2.35. The number of aliphatic imine (C=N–C) groups is 1. The van der Waals surface area contributed by atoms with Crippen LogP contribution in [0, 0.1) is 0 Å². The summed E-state index contributed by atoms with van der Waals surface area (Å²) in [5.41, 5.74) is 7.40. The summed E-state index contributed by atoms with van der Waals surface area (Å²) >= 11 is 1.57. The average molecular weight is 374 g/mol. The lowest BCUT2D eigenvalue weighted by Crippen LogP contribution is -2.38. The topological polar surface area (TPSA) is 104 Å². The SMILES string of the molecule is COc1nc(C(=O)Cc2ccnc([C@]3(C)CC(C)(C)SC(N)=N3)c2)co1. The van der Waals surface area contributed by atoms with Gasteiger partial charge in [-0.25, -0.2) is 4.99 Å². The summed E-state index contributed by atoms with van der Waals surface area (Å²) < 4.78 is 9.87. The molecular formula is C18H22N4O3S. The van der Waals surface area contributed by atoms with Gasteiger partial charge in [0.15, 0.2) is 11.0 Å². The highest BCUT2D eigenvalue weighted by molar-refractivity contribution is 8.15. The van der Waals surface area contributed by atoms with E-state index in [1.165, 1.54) is 13.4 Å². The number of ketones is 1. The lowest BCUT2D eigenvalue weighted by Gasteiger charge is -2.38. The molecule has 1 aliphatic heterocycles. The minimum Gasteiger partial charge on any atom is -0.454 e. The van der Waals surface area contributed by atoms with Gasteiger partial charge in [-0.2, -0.15) is 4.98 Å². The summed E-state index contributed by atoms with van der Waals surface area (Å²) in [7, 11) is 1.44. The predicted molar refractivity (Wildman–Crippen MR) is 101 cm³/mol. The van der Waals surface area contributed by atoms with E-state index in [2.05, 4.69) is 28.8 Å². The number of rotatable bonds is 5. The molecule has 8 heteroatoms. The lowest BCUT2D eigenvalue weighted by atomic mass is 9.86. The molecule has 0 saturated carbocycles. The summed E-state index contributed by atoms with van der Waals surface area (Å²) in [6, 6.07) is 3.73. The fourth-order valence-electron chi connectivity index (χ4n) is 3.24. The molecule has 1 atom stereocenters. The predicted octanol–water partition coefficient (Wildman–Crippen LogP) is 2.95. The molecule has 26 heavy (non-hydrogen) atoms. The van der Waals surface area contributed by atoms with Crippen molar-refractivity contribution in [3.8, 4) is 6.08 Å². The summed E-state index contributed by atoms with van der Waals surface area (Å²) in [4.78, 5) is 25.5. The van der Waals surface area contributed by atoms with Crippen LogP contribution in [0.1, 0.15) is 48.9 Å². The Bertz CT molecular complexity index is 862. The number of hydrogen-bond donors (Lipinski definition) is 1. The highest BCUT2D eigenvalue weighted by atomic mass is 32.2. The quantitative estimate of drug-likeness (QED) is 0.802. The maximum atomic E-state index is 12.4. The first-order valence-electron chi connectivity index (χ1n) is 8.23. The first kappa shape index (κ1) is 18.4. The van der Waals surface area contributed by atoms with Crippen molar-refractivity contribution in [2.24, 2.45) is 10.7 Å². The Balaban J connectivity index is 1.84. The molecule has 0 aliphatic carbocycles. The van der Waals surface area contributed by atoms with Gasteiger partial charge in [0, 0.05) is 17.4 Å². The van der Waals surface area contributed by atoms with E-state index in [0.717, 1.165) is 17.7 Å². The van der Waals surface area contributed by atoms with Crippen LogP contribution in [0.2, 0.25) is 0 Å². The number of aromatic nitrogens is 2. The Kier molecular flexibility index (Phi) is 4.79. The molecule has 0 spiro atoms. The fraction of sp³-hybridized carbons (Fsp3) is 0.444. The van der Waals surface area contributed by atoms with Crippen molar-refractivity contribution in [3.05, 3.63) is 41.5 Å². The molecule has 1 aliphatic rings. The number of nitrogens with two attached hydrogens (primary N) is 1. The van der Waals surface area contributed by atoms with Gasteiger partial charge in [-0.05, 0) is 31.0 Å². The first-order valence-corrected chi connectivity index (χ1v) is 9.05. The number of Topliss-reactive ketones (excluding diaryl/α,β-unsaturated/α-hetero) is 1. The molecule has 2 N–H and O–H groups in total. The molecule has 2 aromatic heterocycles. The molecule has 2 aromatic rings. The van der Waals surface area contributed by atoms with Gasteiger partial charge >= 0.3 is 6.08 Å². The number of amidine groups is 1. The first-order chi connectivity index (χ1) is 12.2. The van der Waals surface area contributed by atoms with Gasteiger partial charge in [0.25, 0.3) is 0 Å². The minimum atomic E-state index is -0.519. The third kappa shape index (κ3) is 3.90. The van der Waals surface area contributed by atoms with Crippen molar-refractivity contribution >= 4 is 22.7 Å². The minimum absolute atomic E-state index is 0.0364. The molecule has 0 aromatic carbocycles. The fourth-order valence-corrected chi connectivity index (χ4v) is 4.40. The zero-order valence-corrected chi connectivity index (χ0v) is 16.1. The van der Waals surface area contributed by atoms with Crippen LogP contribution < -0.4 is 10.5 Å². The molecule has 138 valence electrons. The standard InChI is InChI=1S/C18H22N4O3S/c1-17(2)10-18(3,22-15(19)26-17)14-8-11(5-6-20-14)7-13(23)12-9-25-16(21-12)24-4/h5-6,8-9H,7,10H2,1-4H3,(H2,19,22)/t18-/m0/s1. The third-order valence-corrected chi connectivity index (χ3v) is 5.19. The van der Waals surface area contributed by atoms with Gasteiger partial charge in [-0.3, -0.25) is 9.78 Å². The van der Waals surface area contributed by atoms with Crippen molar-refractivity contribution in [1.29, 1.82) is 0 Å². The zero-order chi connectivity index (χ0) is 18.9. The summed E-state index contributed by atoms with van der Waals surface area (Å²) in [6.45, 7) is 6.31. The van der Waals surface area contributed by atoms with E-state index in [1.807, 2.05) is 19.1 Å². The van der Waals surface area contributed by atoms with Crippen LogP contribution in [0.25, 0.3) is 0 Å². The van der Waals surface area contributed by atoms with E-state index in [-0.39, 0.29) is 28.7 Å². The number of methoxy groups -OCH3 is 1. The summed E-state index contributed by atoms with van der Waals surface area (Å²) in [6.07, 6.45) is 4.07. The number of pyridine rings is 1. The van der Waals surface area contributed by atoms with Crippen LogP contribution in [0.4, 0.5) is 0 Å². The van der Waals surface area contributed by atoms with E-state index in [1.54, 1.807) is 18.0 Å². The summed E-state index contributed by atoms with van der Waals surface area (Å²) in [5, 5.41) is 0.557. The van der Waals surface area contributed by atoms with E-state index >= 15 is 0 Å². The van der Waals surface area contributed by atoms with Crippen LogP contribution in [-0.2, 0) is 12.0 Å². The molecule has 0 bridgehead atoms. The molecule has 3 heterocycles. The maximum absolute atomic E-state index is 12.4. The number of carbonyl (C=O) groups excluding carboxylic acids is 1. The average Bonchev–Trinajstić information content (AvgIpc) is 3.02. The van der Waals surface area contributed by atoms with Crippen molar-refractivity contribution in [3.63, 3.8) is 0 Å². The Morgan fingerprint density at radius 1 is 1.42 bits per heavy atom. The van der Waals surface area contributed by atoms with Gasteiger partial charge in [0.05, 0.1) is 12.8 Å². The Morgan fingerprint density at radius 3 is 2.85 bits per heavy atom. The third-order valence-electron chi connectivity index (χ3n) is 4.19. The molecule has 0 amide bonds. The van der Waals surface area contributed by atoms with Gasteiger partial charge in [0.1, 0.15) is 17.5 Å². The van der Waals surface area contributed by atoms with Crippen molar-refractivity contribution < 1.29 is 13.9 Å². The maximum Gasteiger partial charge on any atom is 0.393 e. The largest absolute Gasteiger partial charge is 0.454 e. The Morgan fingerprint density at radius 2 is 2.19 bits per heavy atom. The molecule has 0 saturated heterocycles. The van der Waals surface area contributed by atoms with Crippen LogP contribution >= 0.6 is 11.8 Å². The number of carbonyl (C=O) groups is 1. The van der Waals surface area contributed by atoms with Crippen LogP contribution in [0.5, 0.6) is 6.08 Å². The van der Waals surface area contributed by atoms with Crippen LogP contribution in [0.15, 0.2) is 34.0 Å².